The lowest BCUT2D eigenvalue weighted by Crippen LogP contribution is -2.02. The molecule has 0 unspecified atom stereocenters. The normalized spacial score (nSPS) is 10.1. The maximum absolute atomic E-state index is 11.6. The largest absolute Gasteiger partial charge is 0.300 e. The van der Waals surface area contributed by atoms with Gasteiger partial charge in [-0.15, -0.1) is 0 Å². The van der Waals surface area contributed by atoms with E-state index >= 15 is 0 Å². The fourth-order valence-corrected chi connectivity index (χ4v) is 1.53. The van der Waals surface area contributed by atoms with Crippen molar-refractivity contribution in [2.24, 2.45) is 0 Å². The number of ketones is 2. The molecule has 1 aromatic carbocycles. The van der Waals surface area contributed by atoms with Crippen molar-refractivity contribution in [3.8, 4) is 0 Å². The molecule has 0 saturated carbocycles. The van der Waals surface area contributed by atoms with Gasteiger partial charge in [0, 0.05) is 22.9 Å². The van der Waals surface area contributed by atoms with E-state index in [0.717, 1.165) is 4.47 Å². The predicted molar refractivity (Wildman–Crippen MR) is 63.4 cm³/mol. The Balaban J connectivity index is 2.74. The number of halogens is 2. The first-order valence-electron chi connectivity index (χ1n) is 4.48. The topological polar surface area (TPSA) is 34.1 Å². The number of hydrogen-bond acceptors (Lipinski definition) is 2. The number of rotatable bonds is 4. The first-order valence-corrected chi connectivity index (χ1v) is 5.65. The van der Waals surface area contributed by atoms with Crippen LogP contribution < -0.4 is 0 Å². The molecule has 15 heavy (non-hydrogen) atoms. The molecule has 0 spiro atoms. The van der Waals surface area contributed by atoms with Crippen LogP contribution in [0.1, 0.15) is 30.1 Å². The molecule has 80 valence electrons. The monoisotopic (exact) mass is 288 g/mol. The minimum Gasteiger partial charge on any atom is -0.300 e. The maximum Gasteiger partial charge on any atom is 0.163 e. The zero-order chi connectivity index (χ0) is 11.4. The van der Waals surface area contributed by atoms with Crippen LogP contribution in [-0.2, 0) is 4.79 Å². The van der Waals surface area contributed by atoms with Crippen LogP contribution in [0.2, 0.25) is 5.02 Å². The number of Topliss-reactive ketones (excluding diaryl/α,β-unsaturated/α-hetero) is 2. The second kappa shape index (κ2) is 5.42. The highest BCUT2D eigenvalue weighted by Crippen LogP contribution is 2.23. The lowest BCUT2D eigenvalue weighted by molar-refractivity contribution is -0.116. The van der Waals surface area contributed by atoms with E-state index in [-0.39, 0.29) is 24.4 Å². The third kappa shape index (κ3) is 3.76. The Hall–Kier alpha value is -0.670. The standard InChI is InChI=1S/C11H10BrClO2/c1-7(14)2-5-11(15)8-3-4-9(12)10(13)6-8/h3-4,6H,2,5H2,1H3. The van der Waals surface area contributed by atoms with Gasteiger partial charge in [0.05, 0.1) is 5.02 Å². The summed E-state index contributed by atoms with van der Waals surface area (Å²) in [5.41, 5.74) is 0.546. The number of carbonyl (C=O) groups is 2. The van der Waals surface area contributed by atoms with Crippen LogP contribution in [0.3, 0.4) is 0 Å². The van der Waals surface area contributed by atoms with E-state index in [0.29, 0.717) is 10.6 Å². The van der Waals surface area contributed by atoms with Crippen molar-refractivity contribution in [1.29, 1.82) is 0 Å². The van der Waals surface area contributed by atoms with Crippen LogP contribution in [0.15, 0.2) is 22.7 Å². The second-order valence-corrected chi connectivity index (χ2v) is 4.52. The third-order valence-electron chi connectivity index (χ3n) is 1.95. The van der Waals surface area contributed by atoms with Crippen molar-refractivity contribution >= 4 is 39.1 Å². The Bertz CT molecular complexity index is 402. The van der Waals surface area contributed by atoms with Crippen LogP contribution in [0.4, 0.5) is 0 Å². The van der Waals surface area contributed by atoms with Gasteiger partial charge in [0.15, 0.2) is 5.78 Å². The molecule has 1 aromatic rings. The first-order chi connectivity index (χ1) is 7.00. The van der Waals surface area contributed by atoms with Gasteiger partial charge < -0.3 is 4.79 Å². The molecule has 0 aliphatic carbocycles. The molecule has 2 nitrogen and oxygen atoms in total. The molecular formula is C11H10BrClO2. The van der Waals surface area contributed by atoms with Gasteiger partial charge >= 0.3 is 0 Å². The molecule has 0 aliphatic heterocycles. The zero-order valence-corrected chi connectivity index (χ0v) is 10.6. The SMILES string of the molecule is CC(=O)CCC(=O)c1ccc(Br)c(Cl)c1. The predicted octanol–water partition coefficient (Wildman–Crippen LogP) is 3.65. The van der Waals surface area contributed by atoms with Crippen molar-refractivity contribution in [1.82, 2.24) is 0 Å². The van der Waals surface area contributed by atoms with Crippen LogP contribution in [0, 0.1) is 0 Å². The summed E-state index contributed by atoms with van der Waals surface area (Å²) >= 11 is 9.10. The van der Waals surface area contributed by atoms with Gasteiger partial charge in [0.2, 0.25) is 0 Å². The molecular weight excluding hydrogens is 279 g/mol. The van der Waals surface area contributed by atoms with E-state index in [2.05, 4.69) is 15.9 Å². The van der Waals surface area contributed by atoms with Crippen LogP contribution >= 0.6 is 27.5 Å². The number of benzene rings is 1. The van der Waals surface area contributed by atoms with Crippen molar-refractivity contribution in [3.05, 3.63) is 33.3 Å². The fraction of sp³-hybridized carbons (Fsp3) is 0.273. The molecule has 4 heteroatoms. The molecule has 0 N–H and O–H groups in total. The molecule has 0 amide bonds. The number of carbonyl (C=O) groups excluding carboxylic acids is 2. The molecule has 0 aromatic heterocycles. The third-order valence-corrected chi connectivity index (χ3v) is 3.18. The summed E-state index contributed by atoms with van der Waals surface area (Å²) in [5.74, 6) is -0.0360. The van der Waals surface area contributed by atoms with Crippen molar-refractivity contribution in [3.63, 3.8) is 0 Å². The quantitative estimate of drug-likeness (QED) is 0.793. The Morgan fingerprint density at radius 2 is 2.00 bits per heavy atom. The van der Waals surface area contributed by atoms with Gasteiger partial charge in [-0.2, -0.15) is 0 Å². The van der Waals surface area contributed by atoms with Crippen LogP contribution in [0.25, 0.3) is 0 Å². The van der Waals surface area contributed by atoms with Gasteiger partial charge in [0.25, 0.3) is 0 Å². The summed E-state index contributed by atoms with van der Waals surface area (Å²) < 4.78 is 0.757. The Labute approximate surface area is 102 Å². The smallest absolute Gasteiger partial charge is 0.163 e. The first kappa shape index (κ1) is 12.4. The van der Waals surface area contributed by atoms with Gasteiger partial charge in [-0.1, -0.05) is 17.7 Å². The fourth-order valence-electron chi connectivity index (χ4n) is 1.10. The molecule has 0 bridgehead atoms. The highest BCUT2D eigenvalue weighted by molar-refractivity contribution is 9.10. The highest BCUT2D eigenvalue weighted by atomic mass is 79.9. The van der Waals surface area contributed by atoms with E-state index in [1.54, 1.807) is 18.2 Å². The highest BCUT2D eigenvalue weighted by Gasteiger charge is 2.08. The lowest BCUT2D eigenvalue weighted by atomic mass is 10.1. The Morgan fingerprint density at radius 3 is 2.53 bits per heavy atom. The Morgan fingerprint density at radius 1 is 1.33 bits per heavy atom. The van der Waals surface area contributed by atoms with Crippen molar-refractivity contribution < 1.29 is 9.59 Å². The molecule has 0 heterocycles. The lowest BCUT2D eigenvalue weighted by Gasteiger charge is -2.01. The Kier molecular flexibility index (Phi) is 4.48. The van der Waals surface area contributed by atoms with E-state index < -0.39 is 0 Å². The van der Waals surface area contributed by atoms with Crippen LogP contribution in [-0.4, -0.2) is 11.6 Å². The van der Waals surface area contributed by atoms with Gasteiger partial charge in [-0.05, 0) is 35.0 Å². The number of hydrogen-bond donors (Lipinski definition) is 0. The maximum atomic E-state index is 11.6. The van der Waals surface area contributed by atoms with E-state index in [1.165, 1.54) is 6.92 Å². The van der Waals surface area contributed by atoms with Gasteiger partial charge in [-0.3, -0.25) is 4.79 Å². The molecule has 0 radical (unpaired) electrons. The average molecular weight is 290 g/mol. The van der Waals surface area contributed by atoms with E-state index in [9.17, 15) is 9.59 Å². The van der Waals surface area contributed by atoms with Crippen molar-refractivity contribution in [2.45, 2.75) is 19.8 Å². The zero-order valence-electron chi connectivity index (χ0n) is 8.22. The molecule has 0 aliphatic rings. The molecule has 0 atom stereocenters. The summed E-state index contributed by atoms with van der Waals surface area (Å²) in [4.78, 5) is 22.3. The minimum absolute atomic E-state index is 0.0200. The minimum atomic E-state index is -0.0559. The molecule has 0 fully saturated rings. The van der Waals surface area contributed by atoms with E-state index in [4.69, 9.17) is 11.6 Å². The molecule has 0 saturated heterocycles. The van der Waals surface area contributed by atoms with Crippen LogP contribution in [0.5, 0.6) is 0 Å². The van der Waals surface area contributed by atoms with Gasteiger partial charge in [0.1, 0.15) is 5.78 Å². The summed E-state index contributed by atoms with van der Waals surface area (Å²) in [5, 5.41) is 0.503. The van der Waals surface area contributed by atoms with Gasteiger partial charge in [-0.25, -0.2) is 0 Å². The summed E-state index contributed by atoms with van der Waals surface area (Å²) in [6.45, 7) is 1.47. The summed E-state index contributed by atoms with van der Waals surface area (Å²) in [6.07, 6.45) is 0.528. The average Bonchev–Trinajstić information content (AvgIpc) is 2.18. The summed E-state index contributed by atoms with van der Waals surface area (Å²) in [7, 11) is 0. The van der Waals surface area contributed by atoms with Crippen molar-refractivity contribution in [2.75, 3.05) is 0 Å². The van der Waals surface area contributed by atoms with E-state index in [1.807, 2.05) is 0 Å². The molecule has 1 rings (SSSR count). The summed E-state index contributed by atoms with van der Waals surface area (Å²) in [6, 6.07) is 5.02. The second-order valence-electron chi connectivity index (χ2n) is 3.25.